The van der Waals surface area contributed by atoms with Crippen LogP contribution in [0.5, 0.6) is 11.5 Å². The van der Waals surface area contributed by atoms with Gasteiger partial charge in [-0.2, -0.15) is 9.61 Å². The van der Waals surface area contributed by atoms with E-state index >= 15 is 0 Å². The summed E-state index contributed by atoms with van der Waals surface area (Å²) in [7, 11) is 1.58. The zero-order valence-electron chi connectivity index (χ0n) is 17.6. The van der Waals surface area contributed by atoms with Crippen LogP contribution >= 0.6 is 0 Å². The number of phenols is 1. The topological polar surface area (TPSA) is 88.9 Å². The van der Waals surface area contributed by atoms with E-state index in [0.29, 0.717) is 23.9 Å². The Morgan fingerprint density at radius 1 is 1.33 bits per heavy atom. The number of piperidine rings is 1. The molecule has 1 fully saturated rings. The summed E-state index contributed by atoms with van der Waals surface area (Å²) < 4.78 is 7.07. The molecule has 1 aliphatic heterocycles. The number of nitrogens with two attached hydrogens (primary N) is 1. The Kier molecular flexibility index (Phi) is 5.63. The highest BCUT2D eigenvalue weighted by molar-refractivity contribution is 5.50. The second-order valence-corrected chi connectivity index (χ2v) is 8.03. The first-order valence-corrected chi connectivity index (χ1v) is 10.3. The predicted molar refractivity (Wildman–Crippen MR) is 118 cm³/mol. The molecule has 1 unspecified atom stereocenters. The molecule has 3 aromatic rings. The summed E-state index contributed by atoms with van der Waals surface area (Å²) >= 11 is 0. The molecule has 7 heteroatoms. The molecule has 0 spiro atoms. The van der Waals surface area contributed by atoms with E-state index in [4.69, 9.17) is 15.5 Å². The Bertz CT molecular complexity index is 1080. The van der Waals surface area contributed by atoms with E-state index in [0.717, 1.165) is 60.6 Å². The molecule has 0 saturated carbocycles. The van der Waals surface area contributed by atoms with Crippen molar-refractivity contribution >= 4 is 11.5 Å². The van der Waals surface area contributed by atoms with Crippen molar-refractivity contribution in [3.63, 3.8) is 0 Å². The number of phenolic OH excluding ortho intramolecular Hbond substituents is 1. The number of methoxy groups -OCH3 is 1. The van der Waals surface area contributed by atoms with Crippen molar-refractivity contribution in [3.8, 4) is 11.5 Å². The fourth-order valence-electron chi connectivity index (χ4n) is 4.33. The van der Waals surface area contributed by atoms with Crippen molar-refractivity contribution in [2.75, 3.05) is 25.9 Å². The molecule has 4 rings (SSSR count). The molecule has 30 heavy (non-hydrogen) atoms. The summed E-state index contributed by atoms with van der Waals surface area (Å²) in [5.41, 5.74) is 10.9. The van der Waals surface area contributed by atoms with Crippen LogP contribution in [-0.2, 0) is 13.0 Å². The summed E-state index contributed by atoms with van der Waals surface area (Å²) in [6.07, 6.45) is 4.59. The van der Waals surface area contributed by atoms with Crippen LogP contribution in [0.1, 0.15) is 41.3 Å². The summed E-state index contributed by atoms with van der Waals surface area (Å²) in [5, 5.41) is 14.7. The number of nitrogen functional groups attached to an aromatic ring is 1. The van der Waals surface area contributed by atoms with Crippen LogP contribution in [0.3, 0.4) is 0 Å². The summed E-state index contributed by atoms with van der Waals surface area (Å²) in [6, 6.07) is 7.88. The van der Waals surface area contributed by atoms with E-state index < -0.39 is 0 Å². The van der Waals surface area contributed by atoms with Gasteiger partial charge in [0.25, 0.3) is 0 Å². The fourth-order valence-corrected chi connectivity index (χ4v) is 4.33. The van der Waals surface area contributed by atoms with Crippen LogP contribution < -0.4 is 10.5 Å². The first-order valence-electron chi connectivity index (χ1n) is 10.3. The van der Waals surface area contributed by atoms with E-state index in [1.165, 1.54) is 0 Å². The number of ether oxygens (including phenoxy) is 1. The first-order chi connectivity index (χ1) is 14.5. The number of hydrogen-bond acceptors (Lipinski definition) is 6. The number of anilines is 1. The number of nitrogens with zero attached hydrogens (tertiary/aromatic N) is 4. The van der Waals surface area contributed by atoms with Gasteiger partial charge < -0.3 is 15.6 Å². The van der Waals surface area contributed by atoms with Gasteiger partial charge in [-0.1, -0.05) is 12.1 Å². The zero-order chi connectivity index (χ0) is 21.3. The lowest BCUT2D eigenvalue weighted by Crippen LogP contribution is -2.34. The van der Waals surface area contributed by atoms with Gasteiger partial charge >= 0.3 is 0 Å². The van der Waals surface area contributed by atoms with Crippen molar-refractivity contribution in [2.24, 2.45) is 0 Å². The molecule has 2 aromatic heterocycles. The van der Waals surface area contributed by atoms with Gasteiger partial charge in [0.05, 0.1) is 18.5 Å². The van der Waals surface area contributed by atoms with Gasteiger partial charge in [-0.25, -0.2) is 4.98 Å². The molecular weight excluding hydrogens is 378 g/mol. The lowest BCUT2D eigenvalue weighted by molar-refractivity contribution is 0.198. The van der Waals surface area contributed by atoms with E-state index in [1.807, 2.05) is 31.2 Å². The third kappa shape index (κ3) is 3.98. The quantitative estimate of drug-likeness (QED) is 0.609. The minimum absolute atomic E-state index is 0.196. The van der Waals surface area contributed by atoms with E-state index in [9.17, 15) is 5.11 Å². The standard InChI is InChI=1S/C23H29N5O2/c1-4-6-17-10-16(11-20(30-3)23(17)29)13-27-8-5-7-18(14-27)19-12-21(24)28-22(25-19)9-15(2)26-28/h4,9-12,18,29H,1,5-8,13-14,24H2,2-3H3. The minimum atomic E-state index is 0.196. The number of benzene rings is 1. The lowest BCUT2D eigenvalue weighted by Gasteiger charge is -2.32. The predicted octanol–water partition coefficient (Wildman–Crippen LogP) is 3.44. The maximum absolute atomic E-state index is 10.3. The highest BCUT2D eigenvalue weighted by Crippen LogP contribution is 2.34. The van der Waals surface area contributed by atoms with Crippen LogP contribution in [0.25, 0.3) is 5.65 Å². The monoisotopic (exact) mass is 407 g/mol. The second-order valence-electron chi connectivity index (χ2n) is 8.03. The molecule has 1 atom stereocenters. The Morgan fingerprint density at radius 2 is 2.17 bits per heavy atom. The number of aromatic nitrogens is 3. The van der Waals surface area contributed by atoms with E-state index in [2.05, 4.69) is 16.6 Å². The number of likely N-dealkylation sites (tertiary alicyclic amines) is 1. The van der Waals surface area contributed by atoms with Crippen LogP contribution in [0.4, 0.5) is 5.82 Å². The van der Waals surface area contributed by atoms with Gasteiger partial charge in [0.1, 0.15) is 5.82 Å². The molecule has 0 amide bonds. The summed E-state index contributed by atoms with van der Waals surface area (Å²) in [6.45, 7) is 8.47. The fraction of sp³-hybridized carbons (Fsp3) is 0.391. The SMILES string of the molecule is C=CCc1cc(CN2CCCC(c3cc(N)n4nc(C)cc4n3)C2)cc(OC)c1O. The Labute approximate surface area is 176 Å². The van der Waals surface area contributed by atoms with Crippen molar-refractivity contribution < 1.29 is 9.84 Å². The van der Waals surface area contributed by atoms with Crippen LogP contribution in [0.2, 0.25) is 0 Å². The van der Waals surface area contributed by atoms with Crippen molar-refractivity contribution in [1.29, 1.82) is 0 Å². The maximum atomic E-state index is 10.3. The van der Waals surface area contributed by atoms with Gasteiger partial charge in [0, 0.05) is 36.7 Å². The molecule has 0 bridgehead atoms. The number of allylic oxidation sites excluding steroid dienone is 1. The van der Waals surface area contributed by atoms with Crippen LogP contribution in [0, 0.1) is 6.92 Å². The number of aryl methyl sites for hydroxylation is 1. The van der Waals surface area contributed by atoms with Crippen LogP contribution in [-0.4, -0.2) is 44.8 Å². The maximum Gasteiger partial charge on any atom is 0.161 e. The smallest absolute Gasteiger partial charge is 0.161 e. The van der Waals surface area contributed by atoms with Gasteiger partial charge in [-0.05, 0) is 44.4 Å². The van der Waals surface area contributed by atoms with E-state index in [-0.39, 0.29) is 5.75 Å². The average molecular weight is 408 g/mol. The summed E-state index contributed by atoms with van der Waals surface area (Å²) in [4.78, 5) is 7.26. The number of hydrogen-bond donors (Lipinski definition) is 2. The molecule has 3 heterocycles. The van der Waals surface area contributed by atoms with Crippen molar-refractivity contribution in [1.82, 2.24) is 19.5 Å². The number of fused-ring (bicyclic) bond motifs is 1. The minimum Gasteiger partial charge on any atom is -0.504 e. The third-order valence-corrected chi connectivity index (χ3v) is 5.72. The molecule has 1 saturated heterocycles. The van der Waals surface area contributed by atoms with Gasteiger partial charge in [0.15, 0.2) is 17.1 Å². The molecule has 7 nitrogen and oxygen atoms in total. The average Bonchev–Trinajstić information content (AvgIpc) is 3.11. The largest absolute Gasteiger partial charge is 0.504 e. The highest BCUT2D eigenvalue weighted by Gasteiger charge is 2.24. The molecule has 0 radical (unpaired) electrons. The highest BCUT2D eigenvalue weighted by atomic mass is 16.5. The molecule has 158 valence electrons. The normalized spacial score (nSPS) is 17.3. The second kappa shape index (κ2) is 8.36. The molecule has 1 aliphatic rings. The molecule has 3 N–H and O–H groups in total. The molecule has 0 aliphatic carbocycles. The van der Waals surface area contributed by atoms with Crippen molar-refractivity contribution in [3.05, 3.63) is 59.4 Å². The Morgan fingerprint density at radius 3 is 2.93 bits per heavy atom. The van der Waals surface area contributed by atoms with Crippen molar-refractivity contribution in [2.45, 2.75) is 38.6 Å². The summed E-state index contributed by atoms with van der Waals surface area (Å²) in [5.74, 6) is 1.65. The first kappa shape index (κ1) is 20.2. The van der Waals surface area contributed by atoms with Gasteiger partial charge in [-0.3, -0.25) is 4.90 Å². The third-order valence-electron chi connectivity index (χ3n) is 5.72. The molecule has 1 aromatic carbocycles. The van der Waals surface area contributed by atoms with Gasteiger partial charge in [0.2, 0.25) is 0 Å². The number of aromatic hydroxyl groups is 1. The lowest BCUT2D eigenvalue weighted by atomic mass is 9.94. The van der Waals surface area contributed by atoms with E-state index in [1.54, 1.807) is 17.7 Å². The Hall–Kier alpha value is -3.06. The number of rotatable bonds is 6. The van der Waals surface area contributed by atoms with Crippen LogP contribution in [0.15, 0.2) is 36.9 Å². The zero-order valence-corrected chi connectivity index (χ0v) is 17.6. The van der Waals surface area contributed by atoms with Gasteiger partial charge in [-0.15, -0.1) is 6.58 Å². The molecular formula is C23H29N5O2. The Balaban J connectivity index is 1.55.